The summed E-state index contributed by atoms with van der Waals surface area (Å²) in [6.07, 6.45) is 58.4. The molecule has 5 heteroatoms. The van der Waals surface area contributed by atoms with Crippen LogP contribution in [0.25, 0.3) is 0 Å². The lowest BCUT2D eigenvalue weighted by atomic mass is 9.94. The Bertz CT molecular complexity index is 898. The second-order valence-corrected chi connectivity index (χ2v) is 21.4. The summed E-state index contributed by atoms with van der Waals surface area (Å²) in [5.41, 5.74) is 0. The van der Waals surface area contributed by atoms with Crippen molar-refractivity contribution in [3.63, 3.8) is 0 Å². The fraction of sp³-hybridized carbons (Fsp3) is 0.983. The van der Waals surface area contributed by atoms with Gasteiger partial charge in [0.1, 0.15) is 0 Å². The normalized spacial score (nSPS) is 12.8. The summed E-state index contributed by atoms with van der Waals surface area (Å²) in [6, 6.07) is 0. The summed E-state index contributed by atoms with van der Waals surface area (Å²) < 4.78 is 12.2. The SMILES string of the molecule is CCCCCCCCCCC(CCCCCCCC)COCCCCCCCCN(CCCCCCCC(=O)OCC(CCCCCCCC)CCCCCCCCCC)CCN(C)C. The molecule has 2 atom stereocenters. The Balaban J connectivity index is 4.26. The number of unbranched alkanes of at least 4 members (excludes halogenated alkanes) is 33. The van der Waals surface area contributed by atoms with Crippen molar-refractivity contribution >= 4 is 5.97 Å². The van der Waals surface area contributed by atoms with Crippen molar-refractivity contribution in [2.45, 2.75) is 310 Å². The van der Waals surface area contributed by atoms with Gasteiger partial charge in [-0.2, -0.15) is 0 Å². The van der Waals surface area contributed by atoms with Crippen LogP contribution in [-0.4, -0.2) is 75.9 Å². The van der Waals surface area contributed by atoms with Gasteiger partial charge in [-0.05, 0) is 90.4 Å². The molecule has 0 aromatic carbocycles. The van der Waals surface area contributed by atoms with Crippen LogP contribution in [-0.2, 0) is 14.3 Å². The fourth-order valence-corrected chi connectivity index (χ4v) is 9.77. The van der Waals surface area contributed by atoms with Crippen LogP contribution < -0.4 is 0 Å². The van der Waals surface area contributed by atoms with Crippen LogP contribution in [0, 0.1) is 11.8 Å². The molecule has 0 saturated carbocycles. The maximum Gasteiger partial charge on any atom is 0.305 e. The van der Waals surface area contributed by atoms with Crippen LogP contribution in [0.5, 0.6) is 0 Å². The summed E-state index contributed by atoms with van der Waals surface area (Å²) in [5.74, 6) is 1.38. The number of carbonyl (C=O) groups excluding carboxylic acids is 1. The Morgan fingerprint density at radius 2 is 0.677 bits per heavy atom. The van der Waals surface area contributed by atoms with Crippen molar-refractivity contribution in [2.24, 2.45) is 11.8 Å². The van der Waals surface area contributed by atoms with Crippen LogP contribution in [0.2, 0.25) is 0 Å². The van der Waals surface area contributed by atoms with E-state index in [1.165, 1.54) is 283 Å². The molecular formula is C60H122N2O3. The van der Waals surface area contributed by atoms with Crippen LogP contribution in [0.4, 0.5) is 0 Å². The van der Waals surface area contributed by atoms with E-state index in [1.54, 1.807) is 0 Å². The molecule has 0 aliphatic carbocycles. The molecule has 0 spiro atoms. The lowest BCUT2D eigenvalue weighted by molar-refractivity contribution is -0.145. The predicted molar refractivity (Wildman–Crippen MR) is 290 cm³/mol. The standard InChI is InChI=1S/C60H122N2O3/c1-7-11-15-19-23-25-32-39-47-58(46-38-30-21-17-13-9-3)56-64-55-45-37-28-27-35-43-51-62(54-53-61(5)6)52-44-36-29-34-42-50-60(63)65-57-59(48-40-31-22-18-14-10-4)49-41-33-26-24-20-16-12-8-2/h58-59H,7-57H2,1-6H3. The molecule has 0 aromatic heterocycles. The molecule has 0 heterocycles. The molecule has 0 amide bonds. The number of rotatable bonds is 56. The third kappa shape index (κ3) is 51.0. The minimum Gasteiger partial charge on any atom is -0.465 e. The number of hydrogen-bond acceptors (Lipinski definition) is 5. The fourth-order valence-electron chi connectivity index (χ4n) is 9.77. The smallest absolute Gasteiger partial charge is 0.305 e. The second kappa shape index (κ2) is 54.3. The van der Waals surface area contributed by atoms with Gasteiger partial charge in [0.2, 0.25) is 0 Å². The number of hydrogen-bond donors (Lipinski definition) is 0. The quantitative estimate of drug-likeness (QED) is 0.0449. The van der Waals surface area contributed by atoms with E-state index < -0.39 is 0 Å². The average molecular weight is 920 g/mol. The van der Waals surface area contributed by atoms with Crippen LogP contribution in [0.15, 0.2) is 0 Å². The summed E-state index contributed by atoms with van der Waals surface area (Å²) in [4.78, 5) is 17.8. The molecule has 65 heavy (non-hydrogen) atoms. The van der Waals surface area contributed by atoms with E-state index in [4.69, 9.17) is 9.47 Å². The molecule has 5 nitrogen and oxygen atoms in total. The van der Waals surface area contributed by atoms with Crippen LogP contribution in [0.1, 0.15) is 310 Å². The Kier molecular flexibility index (Phi) is 53.8. The maximum absolute atomic E-state index is 12.7. The van der Waals surface area contributed by atoms with Crippen molar-refractivity contribution in [3.05, 3.63) is 0 Å². The van der Waals surface area contributed by atoms with E-state index in [2.05, 4.69) is 51.6 Å². The zero-order valence-corrected chi connectivity index (χ0v) is 45.8. The zero-order chi connectivity index (χ0) is 47.4. The summed E-state index contributed by atoms with van der Waals surface area (Å²) in [7, 11) is 4.40. The first-order valence-corrected chi connectivity index (χ1v) is 30.1. The molecule has 0 aliphatic heterocycles. The molecule has 0 rings (SSSR count). The molecule has 2 unspecified atom stereocenters. The van der Waals surface area contributed by atoms with Crippen LogP contribution in [0.3, 0.4) is 0 Å². The molecule has 0 fully saturated rings. The molecule has 0 radical (unpaired) electrons. The third-order valence-electron chi connectivity index (χ3n) is 14.4. The van der Waals surface area contributed by atoms with Gasteiger partial charge in [0.25, 0.3) is 0 Å². The topological polar surface area (TPSA) is 42.0 Å². The highest BCUT2D eigenvalue weighted by molar-refractivity contribution is 5.69. The average Bonchev–Trinajstić information content (AvgIpc) is 3.30. The Morgan fingerprint density at radius 1 is 0.354 bits per heavy atom. The number of esters is 1. The first-order valence-electron chi connectivity index (χ1n) is 30.1. The van der Waals surface area contributed by atoms with E-state index in [1.807, 2.05) is 0 Å². The molecule has 0 bridgehead atoms. The van der Waals surface area contributed by atoms with Crippen LogP contribution >= 0.6 is 0 Å². The summed E-state index contributed by atoms with van der Waals surface area (Å²) in [6.45, 7) is 16.6. The molecule has 390 valence electrons. The van der Waals surface area contributed by atoms with Gasteiger partial charge in [-0.1, -0.05) is 252 Å². The van der Waals surface area contributed by atoms with Gasteiger partial charge in [-0.15, -0.1) is 0 Å². The molecule has 0 aliphatic rings. The monoisotopic (exact) mass is 919 g/mol. The highest BCUT2D eigenvalue weighted by Gasteiger charge is 2.13. The molecular weight excluding hydrogens is 797 g/mol. The zero-order valence-electron chi connectivity index (χ0n) is 45.8. The lowest BCUT2D eigenvalue weighted by Gasteiger charge is -2.24. The second-order valence-electron chi connectivity index (χ2n) is 21.4. The third-order valence-corrected chi connectivity index (χ3v) is 14.4. The van der Waals surface area contributed by atoms with Gasteiger partial charge in [0.15, 0.2) is 0 Å². The molecule has 0 aromatic rings. The first-order chi connectivity index (χ1) is 32.0. The Labute approximate surface area is 410 Å². The number of likely N-dealkylation sites (N-methyl/N-ethyl adjacent to an activating group) is 1. The lowest BCUT2D eigenvalue weighted by Crippen LogP contribution is -2.33. The van der Waals surface area contributed by atoms with E-state index >= 15 is 0 Å². The number of ether oxygens (including phenoxy) is 2. The van der Waals surface area contributed by atoms with Crippen molar-refractivity contribution in [1.82, 2.24) is 9.80 Å². The van der Waals surface area contributed by atoms with E-state index in [-0.39, 0.29) is 5.97 Å². The summed E-state index contributed by atoms with van der Waals surface area (Å²) in [5, 5.41) is 0. The Morgan fingerprint density at radius 3 is 1.06 bits per heavy atom. The van der Waals surface area contributed by atoms with Gasteiger partial charge >= 0.3 is 5.97 Å². The van der Waals surface area contributed by atoms with Crippen molar-refractivity contribution < 1.29 is 14.3 Å². The van der Waals surface area contributed by atoms with E-state index in [9.17, 15) is 4.79 Å². The first kappa shape index (κ1) is 64.3. The van der Waals surface area contributed by atoms with Crippen molar-refractivity contribution in [1.29, 1.82) is 0 Å². The largest absolute Gasteiger partial charge is 0.465 e. The van der Waals surface area contributed by atoms with E-state index in [0.29, 0.717) is 18.9 Å². The van der Waals surface area contributed by atoms with Gasteiger partial charge < -0.3 is 19.3 Å². The van der Waals surface area contributed by atoms with E-state index in [0.717, 1.165) is 38.5 Å². The predicted octanol–water partition coefficient (Wildman–Crippen LogP) is 18.9. The number of nitrogens with zero attached hydrogens (tertiary/aromatic N) is 2. The van der Waals surface area contributed by atoms with Crippen molar-refractivity contribution in [3.8, 4) is 0 Å². The Hall–Kier alpha value is -0.650. The van der Waals surface area contributed by atoms with Gasteiger partial charge in [0.05, 0.1) is 6.61 Å². The molecule has 0 saturated heterocycles. The van der Waals surface area contributed by atoms with Gasteiger partial charge in [0, 0.05) is 32.7 Å². The minimum atomic E-state index is 0.0453. The molecule has 0 N–H and O–H groups in total. The maximum atomic E-state index is 12.7. The highest BCUT2D eigenvalue weighted by atomic mass is 16.5. The van der Waals surface area contributed by atoms with Gasteiger partial charge in [-0.25, -0.2) is 0 Å². The van der Waals surface area contributed by atoms with Crippen molar-refractivity contribution in [2.75, 3.05) is 60.1 Å². The minimum absolute atomic E-state index is 0.0453. The summed E-state index contributed by atoms with van der Waals surface area (Å²) >= 11 is 0. The highest BCUT2D eigenvalue weighted by Crippen LogP contribution is 2.22. The number of carbonyl (C=O) groups is 1. The van der Waals surface area contributed by atoms with Gasteiger partial charge in [-0.3, -0.25) is 4.79 Å².